The van der Waals surface area contributed by atoms with Gasteiger partial charge in [-0.1, -0.05) is 30.3 Å². The summed E-state index contributed by atoms with van der Waals surface area (Å²) in [6.07, 6.45) is -2.49. The number of nitrogen functional groups attached to an aromatic ring is 1. The van der Waals surface area contributed by atoms with Crippen LogP contribution in [0, 0.1) is 0 Å². The van der Waals surface area contributed by atoms with Gasteiger partial charge in [-0.3, -0.25) is 4.90 Å². The Morgan fingerprint density at radius 1 is 1.04 bits per heavy atom. The molecule has 0 atom stereocenters. The number of likely N-dealkylation sites (tertiary alicyclic amines) is 1. The van der Waals surface area contributed by atoms with Gasteiger partial charge in [0.2, 0.25) is 0 Å². The third-order valence-corrected chi connectivity index (χ3v) is 4.58. The Bertz CT molecular complexity index is 693. The molecule has 2 aromatic rings. The van der Waals surface area contributed by atoms with Gasteiger partial charge >= 0.3 is 6.18 Å². The van der Waals surface area contributed by atoms with E-state index >= 15 is 0 Å². The first kappa shape index (κ1) is 17.6. The summed E-state index contributed by atoms with van der Waals surface area (Å²) in [5, 5.41) is 3.29. The van der Waals surface area contributed by atoms with E-state index in [1.54, 1.807) is 0 Å². The smallest absolute Gasteiger partial charge is 0.397 e. The lowest BCUT2D eigenvalue weighted by molar-refractivity contribution is -0.137. The second kappa shape index (κ2) is 7.35. The maximum Gasteiger partial charge on any atom is 0.416 e. The number of anilines is 2. The molecule has 1 aliphatic heterocycles. The molecular formula is C19H22F3N3. The number of nitrogens with two attached hydrogens (primary N) is 1. The highest BCUT2D eigenvalue weighted by Crippen LogP contribution is 2.33. The third-order valence-electron chi connectivity index (χ3n) is 4.58. The largest absolute Gasteiger partial charge is 0.416 e. The molecule has 3 N–H and O–H groups in total. The lowest BCUT2D eigenvalue weighted by atomic mass is 10.0. The molecule has 0 unspecified atom stereocenters. The molecule has 0 bridgehead atoms. The minimum Gasteiger partial charge on any atom is -0.397 e. The summed E-state index contributed by atoms with van der Waals surface area (Å²) in [5.41, 5.74) is 7.09. The first-order valence-corrected chi connectivity index (χ1v) is 8.41. The Labute approximate surface area is 145 Å². The summed E-state index contributed by atoms with van der Waals surface area (Å²) in [5.74, 6) is 0. The van der Waals surface area contributed by atoms with Crippen LogP contribution in [0.3, 0.4) is 0 Å². The number of halogens is 3. The van der Waals surface area contributed by atoms with E-state index in [0.717, 1.165) is 44.6 Å². The topological polar surface area (TPSA) is 41.3 Å². The van der Waals surface area contributed by atoms with Gasteiger partial charge in [0, 0.05) is 25.7 Å². The molecule has 1 saturated heterocycles. The van der Waals surface area contributed by atoms with E-state index in [1.165, 1.54) is 11.6 Å². The van der Waals surface area contributed by atoms with E-state index in [2.05, 4.69) is 22.3 Å². The molecule has 1 heterocycles. The monoisotopic (exact) mass is 349 g/mol. The van der Waals surface area contributed by atoms with Crippen LogP contribution in [0.4, 0.5) is 24.5 Å². The number of piperidine rings is 1. The summed E-state index contributed by atoms with van der Waals surface area (Å²) in [6, 6.07) is 14.0. The maximum atomic E-state index is 12.7. The number of rotatable bonds is 4. The lowest BCUT2D eigenvalue weighted by Gasteiger charge is -2.33. The normalized spacial score (nSPS) is 16.8. The van der Waals surface area contributed by atoms with Gasteiger partial charge in [0.25, 0.3) is 0 Å². The van der Waals surface area contributed by atoms with E-state index in [4.69, 9.17) is 5.73 Å². The first-order chi connectivity index (χ1) is 11.9. The Hall–Kier alpha value is -2.21. The fraction of sp³-hybridized carbons (Fsp3) is 0.368. The minimum absolute atomic E-state index is 0.140. The van der Waals surface area contributed by atoms with Crippen molar-refractivity contribution in [1.29, 1.82) is 0 Å². The van der Waals surface area contributed by atoms with Crippen molar-refractivity contribution in [2.24, 2.45) is 0 Å². The summed E-state index contributed by atoms with van der Waals surface area (Å²) >= 11 is 0. The third kappa shape index (κ3) is 4.66. The Balaban J connectivity index is 1.54. The van der Waals surface area contributed by atoms with Crippen LogP contribution in [0.25, 0.3) is 0 Å². The summed E-state index contributed by atoms with van der Waals surface area (Å²) in [7, 11) is 0. The zero-order valence-electron chi connectivity index (χ0n) is 13.9. The molecule has 0 aliphatic carbocycles. The van der Waals surface area contributed by atoms with Crippen molar-refractivity contribution in [2.75, 3.05) is 24.1 Å². The van der Waals surface area contributed by atoms with Crippen LogP contribution in [-0.2, 0) is 12.7 Å². The molecule has 0 aromatic heterocycles. The van der Waals surface area contributed by atoms with Crippen molar-refractivity contribution in [3.63, 3.8) is 0 Å². The molecule has 1 fully saturated rings. The summed E-state index contributed by atoms with van der Waals surface area (Å²) in [4.78, 5) is 2.39. The molecule has 3 rings (SSSR count). The minimum atomic E-state index is -4.37. The summed E-state index contributed by atoms with van der Waals surface area (Å²) < 4.78 is 38.1. The van der Waals surface area contributed by atoms with Crippen LogP contribution in [0.15, 0.2) is 48.5 Å². The van der Waals surface area contributed by atoms with E-state index in [-0.39, 0.29) is 11.7 Å². The quantitative estimate of drug-likeness (QED) is 0.806. The SMILES string of the molecule is Nc1cc(C(F)(F)F)ccc1NC1CCN(Cc2ccccc2)CC1. The molecule has 3 nitrogen and oxygen atoms in total. The molecule has 0 amide bonds. The van der Waals surface area contributed by atoms with Crippen molar-refractivity contribution in [2.45, 2.75) is 31.6 Å². The van der Waals surface area contributed by atoms with E-state index < -0.39 is 11.7 Å². The van der Waals surface area contributed by atoms with Gasteiger partial charge in [-0.15, -0.1) is 0 Å². The lowest BCUT2D eigenvalue weighted by Crippen LogP contribution is -2.38. The Kier molecular flexibility index (Phi) is 5.18. The van der Waals surface area contributed by atoms with E-state index in [0.29, 0.717) is 5.69 Å². The van der Waals surface area contributed by atoms with Gasteiger partial charge in [0.15, 0.2) is 0 Å². The van der Waals surface area contributed by atoms with Crippen LogP contribution < -0.4 is 11.1 Å². The summed E-state index contributed by atoms with van der Waals surface area (Å²) in [6.45, 7) is 2.83. The zero-order chi connectivity index (χ0) is 17.9. The molecule has 0 saturated carbocycles. The van der Waals surface area contributed by atoms with Crippen LogP contribution in [0.5, 0.6) is 0 Å². The molecule has 1 aliphatic rings. The first-order valence-electron chi connectivity index (χ1n) is 8.41. The number of nitrogens with one attached hydrogen (secondary N) is 1. The van der Waals surface area contributed by atoms with Crippen molar-refractivity contribution in [3.05, 3.63) is 59.7 Å². The molecule has 25 heavy (non-hydrogen) atoms. The standard InChI is InChI=1S/C19H22F3N3/c20-19(21,22)15-6-7-18(17(23)12-15)24-16-8-10-25(11-9-16)13-14-4-2-1-3-5-14/h1-7,12,16,24H,8-11,13,23H2. The van der Waals surface area contributed by atoms with Gasteiger partial charge in [-0.2, -0.15) is 13.2 Å². The van der Waals surface area contributed by atoms with Gasteiger partial charge in [-0.25, -0.2) is 0 Å². The number of hydrogen-bond donors (Lipinski definition) is 2. The molecule has 6 heteroatoms. The fourth-order valence-corrected chi connectivity index (χ4v) is 3.17. The molecule has 134 valence electrons. The highest BCUT2D eigenvalue weighted by Gasteiger charge is 2.31. The predicted molar refractivity (Wildman–Crippen MR) is 94.2 cm³/mol. The number of benzene rings is 2. The van der Waals surface area contributed by atoms with Gasteiger partial charge in [0.05, 0.1) is 16.9 Å². The number of nitrogens with zero attached hydrogens (tertiary/aromatic N) is 1. The molecule has 2 aromatic carbocycles. The van der Waals surface area contributed by atoms with Crippen LogP contribution >= 0.6 is 0 Å². The second-order valence-electron chi connectivity index (χ2n) is 6.48. The predicted octanol–water partition coefficient (Wildman–Crippen LogP) is 4.36. The molecular weight excluding hydrogens is 327 g/mol. The number of hydrogen-bond acceptors (Lipinski definition) is 3. The van der Waals surface area contributed by atoms with Gasteiger partial charge in [-0.05, 0) is 36.6 Å². The van der Waals surface area contributed by atoms with Crippen molar-refractivity contribution in [3.8, 4) is 0 Å². The Morgan fingerprint density at radius 2 is 1.72 bits per heavy atom. The van der Waals surface area contributed by atoms with Crippen LogP contribution in [0.2, 0.25) is 0 Å². The highest BCUT2D eigenvalue weighted by atomic mass is 19.4. The maximum absolute atomic E-state index is 12.7. The van der Waals surface area contributed by atoms with Crippen LogP contribution in [0.1, 0.15) is 24.0 Å². The zero-order valence-corrected chi connectivity index (χ0v) is 13.9. The van der Waals surface area contributed by atoms with Crippen molar-refractivity contribution < 1.29 is 13.2 Å². The fourth-order valence-electron chi connectivity index (χ4n) is 3.17. The average molecular weight is 349 g/mol. The molecule has 0 radical (unpaired) electrons. The van der Waals surface area contributed by atoms with Gasteiger partial charge in [0.1, 0.15) is 0 Å². The van der Waals surface area contributed by atoms with E-state index in [9.17, 15) is 13.2 Å². The van der Waals surface area contributed by atoms with Gasteiger partial charge < -0.3 is 11.1 Å². The van der Waals surface area contributed by atoms with Crippen molar-refractivity contribution >= 4 is 11.4 Å². The van der Waals surface area contributed by atoms with E-state index in [1.807, 2.05) is 18.2 Å². The second-order valence-corrected chi connectivity index (χ2v) is 6.48. The number of alkyl halides is 3. The average Bonchev–Trinajstić information content (AvgIpc) is 2.58. The molecule has 0 spiro atoms. The highest BCUT2D eigenvalue weighted by molar-refractivity contribution is 5.67. The van der Waals surface area contributed by atoms with Crippen molar-refractivity contribution in [1.82, 2.24) is 4.90 Å². The Morgan fingerprint density at radius 3 is 2.32 bits per heavy atom. The van der Waals surface area contributed by atoms with Crippen LogP contribution in [-0.4, -0.2) is 24.0 Å².